The molecule has 0 saturated heterocycles. The SMILES string of the molecule is O=C(CNc1ccccc1C(=O)NC1CC1)Nc1ccc(Cl)cc1Cl. The van der Waals surface area contributed by atoms with Crippen molar-refractivity contribution in [3.8, 4) is 0 Å². The molecular formula is C18H17Cl2N3O2. The van der Waals surface area contributed by atoms with E-state index in [4.69, 9.17) is 23.2 Å². The number of hydrogen-bond acceptors (Lipinski definition) is 3. The van der Waals surface area contributed by atoms with E-state index in [1.807, 2.05) is 6.07 Å². The van der Waals surface area contributed by atoms with Crippen molar-refractivity contribution in [2.75, 3.05) is 17.2 Å². The number of carbonyl (C=O) groups is 2. The highest BCUT2D eigenvalue weighted by Crippen LogP contribution is 2.25. The van der Waals surface area contributed by atoms with Crippen LogP contribution in [0.15, 0.2) is 42.5 Å². The maximum absolute atomic E-state index is 12.2. The van der Waals surface area contributed by atoms with Crippen LogP contribution in [0.2, 0.25) is 10.0 Å². The van der Waals surface area contributed by atoms with Gasteiger partial charge in [-0.05, 0) is 43.2 Å². The van der Waals surface area contributed by atoms with Gasteiger partial charge in [-0.25, -0.2) is 0 Å². The molecule has 2 amide bonds. The summed E-state index contributed by atoms with van der Waals surface area (Å²) in [7, 11) is 0. The Morgan fingerprint density at radius 1 is 1.04 bits per heavy atom. The number of benzene rings is 2. The molecular weight excluding hydrogens is 361 g/mol. The molecule has 1 aliphatic carbocycles. The molecule has 1 saturated carbocycles. The Kier molecular flexibility index (Phi) is 5.46. The van der Waals surface area contributed by atoms with Gasteiger partial charge in [0.15, 0.2) is 0 Å². The van der Waals surface area contributed by atoms with Gasteiger partial charge < -0.3 is 16.0 Å². The van der Waals surface area contributed by atoms with Crippen molar-refractivity contribution in [3.05, 3.63) is 58.1 Å². The highest BCUT2D eigenvalue weighted by Gasteiger charge is 2.24. The zero-order valence-electron chi connectivity index (χ0n) is 13.3. The van der Waals surface area contributed by atoms with Gasteiger partial charge >= 0.3 is 0 Å². The van der Waals surface area contributed by atoms with Gasteiger partial charge in [0.2, 0.25) is 5.91 Å². The van der Waals surface area contributed by atoms with Gasteiger partial charge in [0.25, 0.3) is 5.91 Å². The highest BCUT2D eigenvalue weighted by atomic mass is 35.5. The molecule has 0 radical (unpaired) electrons. The van der Waals surface area contributed by atoms with E-state index >= 15 is 0 Å². The van der Waals surface area contributed by atoms with Gasteiger partial charge in [-0.15, -0.1) is 0 Å². The van der Waals surface area contributed by atoms with E-state index in [-0.39, 0.29) is 24.4 Å². The van der Waals surface area contributed by atoms with E-state index < -0.39 is 0 Å². The van der Waals surface area contributed by atoms with Crippen LogP contribution in [0, 0.1) is 0 Å². The van der Waals surface area contributed by atoms with E-state index in [0.29, 0.717) is 27.0 Å². The summed E-state index contributed by atoms with van der Waals surface area (Å²) in [6, 6.07) is 12.2. The molecule has 0 spiro atoms. The first-order chi connectivity index (χ1) is 12.0. The Bertz CT molecular complexity index is 807. The summed E-state index contributed by atoms with van der Waals surface area (Å²) < 4.78 is 0. The average Bonchev–Trinajstić information content (AvgIpc) is 3.40. The first kappa shape index (κ1) is 17.6. The van der Waals surface area contributed by atoms with Crippen LogP contribution < -0.4 is 16.0 Å². The zero-order chi connectivity index (χ0) is 17.8. The first-order valence-corrected chi connectivity index (χ1v) is 8.67. The van der Waals surface area contributed by atoms with Gasteiger partial charge in [-0.1, -0.05) is 35.3 Å². The fourth-order valence-corrected chi connectivity index (χ4v) is 2.74. The molecule has 0 aromatic heterocycles. The second kappa shape index (κ2) is 7.76. The normalized spacial score (nSPS) is 13.2. The number of para-hydroxylation sites is 1. The molecule has 5 nitrogen and oxygen atoms in total. The fraction of sp³-hybridized carbons (Fsp3) is 0.222. The third-order valence-electron chi connectivity index (χ3n) is 3.73. The van der Waals surface area contributed by atoms with Gasteiger partial charge in [0, 0.05) is 16.8 Å². The molecule has 0 aliphatic heterocycles. The van der Waals surface area contributed by atoms with Crippen LogP contribution in [0.3, 0.4) is 0 Å². The molecule has 0 bridgehead atoms. The lowest BCUT2D eigenvalue weighted by Crippen LogP contribution is -2.27. The molecule has 0 atom stereocenters. The lowest BCUT2D eigenvalue weighted by molar-refractivity contribution is -0.114. The maximum Gasteiger partial charge on any atom is 0.253 e. The maximum atomic E-state index is 12.2. The van der Waals surface area contributed by atoms with Gasteiger partial charge in [-0.3, -0.25) is 9.59 Å². The number of amides is 2. The quantitative estimate of drug-likeness (QED) is 0.713. The lowest BCUT2D eigenvalue weighted by atomic mass is 10.1. The van der Waals surface area contributed by atoms with Crippen molar-refractivity contribution >= 4 is 46.4 Å². The van der Waals surface area contributed by atoms with Crippen LogP contribution in [0.1, 0.15) is 23.2 Å². The summed E-state index contributed by atoms with van der Waals surface area (Å²) >= 11 is 11.9. The molecule has 7 heteroatoms. The van der Waals surface area contributed by atoms with Crippen molar-refractivity contribution in [2.24, 2.45) is 0 Å². The number of rotatable bonds is 6. The molecule has 1 fully saturated rings. The van der Waals surface area contributed by atoms with Crippen LogP contribution in [0.5, 0.6) is 0 Å². The van der Waals surface area contributed by atoms with Gasteiger partial charge in [-0.2, -0.15) is 0 Å². The molecule has 0 heterocycles. The Morgan fingerprint density at radius 2 is 1.80 bits per heavy atom. The standard InChI is InChI=1S/C18H17Cl2N3O2/c19-11-5-8-16(14(20)9-11)23-17(24)10-21-15-4-2-1-3-13(15)18(25)22-12-6-7-12/h1-5,8-9,12,21H,6-7,10H2,(H,22,25)(H,23,24). The molecule has 3 N–H and O–H groups in total. The smallest absolute Gasteiger partial charge is 0.253 e. The van der Waals surface area contributed by atoms with E-state index in [2.05, 4.69) is 16.0 Å². The van der Waals surface area contributed by atoms with Crippen LogP contribution in [0.4, 0.5) is 11.4 Å². The number of nitrogens with one attached hydrogen (secondary N) is 3. The van der Waals surface area contributed by atoms with E-state index in [1.165, 1.54) is 0 Å². The lowest BCUT2D eigenvalue weighted by Gasteiger charge is -2.12. The molecule has 3 rings (SSSR count). The number of anilines is 2. The minimum atomic E-state index is -0.276. The van der Waals surface area contributed by atoms with Crippen LogP contribution in [-0.4, -0.2) is 24.4 Å². The van der Waals surface area contributed by atoms with Crippen LogP contribution >= 0.6 is 23.2 Å². The summed E-state index contributed by atoms with van der Waals surface area (Å²) in [6.07, 6.45) is 2.04. The fourth-order valence-electron chi connectivity index (χ4n) is 2.29. The van der Waals surface area contributed by atoms with Crippen molar-refractivity contribution in [2.45, 2.75) is 18.9 Å². The number of carbonyl (C=O) groups excluding carboxylic acids is 2. The predicted octanol–water partition coefficient (Wildman–Crippen LogP) is 3.94. The van der Waals surface area contributed by atoms with Crippen molar-refractivity contribution in [1.29, 1.82) is 0 Å². The molecule has 2 aromatic carbocycles. The van der Waals surface area contributed by atoms with Gasteiger partial charge in [0.05, 0.1) is 22.8 Å². The number of halogens is 2. The van der Waals surface area contributed by atoms with Crippen molar-refractivity contribution in [1.82, 2.24) is 5.32 Å². The average molecular weight is 378 g/mol. The van der Waals surface area contributed by atoms with Crippen molar-refractivity contribution < 1.29 is 9.59 Å². The highest BCUT2D eigenvalue weighted by molar-refractivity contribution is 6.36. The monoisotopic (exact) mass is 377 g/mol. The molecule has 0 unspecified atom stereocenters. The Balaban J connectivity index is 1.61. The largest absolute Gasteiger partial charge is 0.376 e. The molecule has 130 valence electrons. The zero-order valence-corrected chi connectivity index (χ0v) is 14.8. The van der Waals surface area contributed by atoms with E-state index in [1.54, 1.807) is 36.4 Å². The minimum absolute atomic E-state index is 0.00662. The molecule has 25 heavy (non-hydrogen) atoms. The minimum Gasteiger partial charge on any atom is -0.376 e. The second-order valence-corrected chi connectivity index (χ2v) is 6.66. The van der Waals surface area contributed by atoms with E-state index in [0.717, 1.165) is 12.8 Å². The second-order valence-electron chi connectivity index (χ2n) is 5.82. The summed E-state index contributed by atoms with van der Waals surface area (Å²) in [5.41, 5.74) is 1.61. The Morgan fingerprint density at radius 3 is 2.52 bits per heavy atom. The van der Waals surface area contributed by atoms with Crippen LogP contribution in [-0.2, 0) is 4.79 Å². The summed E-state index contributed by atoms with van der Waals surface area (Å²) in [6.45, 7) is 0.00662. The molecule has 1 aliphatic rings. The third kappa shape index (κ3) is 4.87. The van der Waals surface area contributed by atoms with Crippen molar-refractivity contribution in [3.63, 3.8) is 0 Å². The molecule has 2 aromatic rings. The Labute approximate surface area is 155 Å². The van der Waals surface area contributed by atoms with Crippen LogP contribution in [0.25, 0.3) is 0 Å². The van der Waals surface area contributed by atoms with Gasteiger partial charge in [0.1, 0.15) is 0 Å². The van der Waals surface area contributed by atoms with E-state index in [9.17, 15) is 9.59 Å². The first-order valence-electron chi connectivity index (χ1n) is 7.91. The number of hydrogen-bond donors (Lipinski definition) is 3. The summed E-state index contributed by atoms with van der Waals surface area (Å²) in [5, 5.41) is 9.51. The topological polar surface area (TPSA) is 70.2 Å². The Hall–Kier alpha value is -2.24. The summed E-state index contributed by atoms with van der Waals surface area (Å²) in [4.78, 5) is 24.4. The third-order valence-corrected chi connectivity index (χ3v) is 4.28. The predicted molar refractivity (Wildman–Crippen MR) is 101 cm³/mol. The summed E-state index contributed by atoms with van der Waals surface area (Å²) in [5.74, 6) is -0.409.